The predicted molar refractivity (Wildman–Crippen MR) is 132 cm³/mol. The van der Waals surface area contributed by atoms with Crippen molar-refractivity contribution in [1.29, 1.82) is 0 Å². The molecule has 168 valence electrons. The number of benzene rings is 2. The van der Waals surface area contributed by atoms with Crippen molar-refractivity contribution in [2.75, 3.05) is 5.32 Å². The number of aromatic nitrogens is 4. The summed E-state index contributed by atoms with van der Waals surface area (Å²) in [7, 11) is 0. The van der Waals surface area contributed by atoms with Gasteiger partial charge in [0, 0.05) is 30.1 Å². The smallest absolute Gasteiger partial charge is 0.227 e. The predicted octanol–water partition coefficient (Wildman–Crippen LogP) is 5.58. The third-order valence-corrected chi connectivity index (χ3v) is 7.44. The number of hydrogen-bond donors (Lipinski definition) is 1. The molecule has 2 aromatic heterocycles. The van der Waals surface area contributed by atoms with Crippen molar-refractivity contribution in [3.63, 3.8) is 0 Å². The number of anilines is 1. The maximum absolute atomic E-state index is 13.0. The molecule has 2 aromatic carbocycles. The molecule has 0 amide bonds. The van der Waals surface area contributed by atoms with E-state index in [0.717, 1.165) is 29.7 Å². The molecule has 1 atom stereocenters. The molecule has 1 aliphatic heterocycles. The Kier molecular flexibility index (Phi) is 5.47. The Bertz CT molecular complexity index is 1310. The Labute approximate surface area is 202 Å². The number of rotatable bonds is 5. The van der Waals surface area contributed by atoms with E-state index in [1.807, 2.05) is 35.1 Å². The van der Waals surface area contributed by atoms with Crippen LogP contribution in [0.1, 0.15) is 47.2 Å². The van der Waals surface area contributed by atoms with Gasteiger partial charge in [0.1, 0.15) is 6.04 Å². The largest absolute Gasteiger partial charge is 0.328 e. The standard InChI is InChI=1S/C27H23N5OS/c33-22-15-7-14-21-23(22)24(20-13-8-16-28-17-20)32-26(29-21)30-27(31-32)34-25(18-9-3-1-4-10-18)19-11-5-2-6-12-19/h1-6,8-13,16-17,24-25H,7,14-15H2,(H,29,30,31). The van der Waals surface area contributed by atoms with Crippen molar-refractivity contribution < 1.29 is 4.79 Å². The second-order valence-corrected chi connectivity index (χ2v) is 9.54. The molecule has 4 aromatic rings. The SMILES string of the molecule is O=C1CCCC2=C1C(c1cccnc1)n1nc(SC(c3ccccc3)c3ccccc3)nc1N2. The summed E-state index contributed by atoms with van der Waals surface area (Å²) in [5.41, 5.74) is 5.07. The van der Waals surface area contributed by atoms with Crippen LogP contribution in [0.2, 0.25) is 0 Å². The van der Waals surface area contributed by atoms with Gasteiger partial charge in [0.15, 0.2) is 5.78 Å². The highest BCUT2D eigenvalue weighted by Gasteiger charge is 2.37. The second-order valence-electron chi connectivity index (χ2n) is 8.46. The third-order valence-electron chi connectivity index (χ3n) is 6.28. The summed E-state index contributed by atoms with van der Waals surface area (Å²) >= 11 is 1.62. The maximum Gasteiger partial charge on any atom is 0.227 e. The zero-order valence-corrected chi connectivity index (χ0v) is 19.3. The molecule has 1 N–H and O–H groups in total. The van der Waals surface area contributed by atoms with Crippen molar-refractivity contribution in [3.05, 3.63) is 113 Å². The molecule has 1 unspecified atom stereocenters. The Morgan fingerprint density at radius 3 is 2.35 bits per heavy atom. The van der Waals surface area contributed by atoms with Gasteiger partial charge in [0.2, 0.25) is 11.1 Å². The Balaban J connectivity index is 1.42. The Hall–Kier alpha value is -3.71. The fourth-order valence-corrected chi connectivity index (χ4v) is 5.79. The Morgan fingerprint density at radius 1 is 0.941 bits per heavy atom. The van der Waals surface area contributed by atoms with Gasteiger partial charge >= 0.3 is 0 Å². The average Bonchev–Trinajstić information content (AvgIpc) is 3.30. The quantitative estimate of drug-likeness (QED) is 0.388. The van der Waals surface area contributed by atoms with Crippen LogP contribution in [-0.4, -0.2) is 25.5 Å². The molecular formula is C27H23N5OS. The van der Waals surface area contributed by atoms with Gasteiger partial charge in [0.05, 0.1) is 5.25 Å². The number of carbonyl (C=O) groups is 1. The average molecular weight is 466 g/mol. The number of Topliss-reactive ketones (excluding diaryl/α,β-unsaturated/α-hetero) is 1. The lowest BCUT2D eigenvalue weighted by atomic mass is 9.86. The van der Waals surface area contributed by atoms with Gasteiger partial charge in [-0.3, -0.25) is 9.78 Å². The zero-order valence-electron chi connectivity index (χ0n) is 18.5. The van der Waals surface area contributed by atoms with Crippen molar-refractivity contribution in [2.24, 2.45) is 0 Å². The highest BCUT2D eigenvalue weighted by atomic mass is 32.2. The number of fused-ring (bicyclic) bond motifs is 1. The lowest BCUT2D eigenvalue weighted by Gasteiger charge is -2.31. The lowest BCUT2D eigenvalue weighted by Crippen LogP contribution is -2.31. The third kappa shape index (κ3) is 3.82. The molecule has 3 heterocycles. The lowest BCUT2D eigenvalue weighted by molar-refractivity contribution is -0.116. The van der Waals surface area contributed by atoms with Crippen molar-refractivity contribution in [3.8, 4) is 0 Å². The molecule has 34 heavy (non-hydrogen) atoms. The molecular weight excluding hydrogens is 442 g/mol. The first-order valence-electron chi connectivity index (χ1n) is 11.4. The highest BCUT2D eigenvalue weighted by molar-refractivity contribution is 7.99. The number of thioether (sulfide) groups is 1. The summed E-state index contributed by atoms with van der Waals surface area (Å²) in [5, 5.41) is 9.05. The number of ketones is 1. The van der Waals surface area contributed by atoms with Gasteiger partial charge in [-0.2, -0.15) is 4.98 Å². The number of nitrogens with zero attached hydrogens (tertiary/aromatic N) is 4. The fraction of sp³-hybridized carbons (Fsp3) is 0.185. The minimum absolute atomic E-state index is 0.0490. The van der Waals surface area contributed by atoms with E-state index in [2.05, 4.69) is 58.8 Å². The summed E-state index contributed by atoms with van der Waals surface area (Å²) in [6.07, 6.45) is 5.81. The first-order chi connectivity index (χ1) is 16.8. The van der Waals surface area contributed by atoms with Crippen LogP contribution in [0.25, 0.3) is 0 Å². The molecule has 0 bridgehead atoms. The minimum atomic E-state index is -0.318. The minimum Gasteiger partial charge on any atom is -0.328 e. The van der Waals surface area contributed by atoms with Crippen LogP contribution >= 0.6 is 11.8 Å². The van der Waals surface area contributed by atoms with Crippen LogP contribution in [0.5, 0.6) is 0 Å². The topological polar surface area (TPSA) is 72.7 Å². The highest BCUT2D eigenvalue weighted by Crippen LogP contribution is 2.43. The van der Waals surface area contributed by atoms with E-state index >= 15 is 0 Å². The Morgan fingerprint density at radius 2 is 1.68 bits per heavy atom. The number of allylic oxidation sites excluding steroid dienone is 2. The monoisotopic (exact) mass is 465 g/mol. The van der Waals surface area contributed by atoms with Gasteiger partial charge in [-0.15, -0.1) is 5.10 Å². The van der Waals surface area contributed by atoms with E-state index in [9.17, 15) is 4.79 Å². The molecule has 0 fully saturated rings. The molecule has 7 heteroatoms. The van der Waals surface area contributed by atoms with E-state index < -0.39 is 0 Å². The van der Waals surface area contributed by atoms with Gasteiger partial charge in [-0.25, -0.2) is 4.68 Å². The van der Waals surface area contributed by atoms with E-state index in [0.29, 0.717) is 17.5 Å². The van der Waals surface area contributed by atoms with Crippen molar-refractivity contribution in [2.45, 2.75) is 35.7 Å². The van der Waals surface area contributed by atoms with Crippen LogP contribution in [0.4, 0.5) is 5.95 Å². The summed E-state index contributed by atoms with van der Waals surface area (Å²) in [6, 6.07) is 24.4. The first-order valence-corrected chi connectivity index (χ1v) is 12.3. The fourth-order valence-electron chi connectivity index (χ4n) is 4.72. The summed E-state index contributed by atoms with van der Waals surface area (Å²) in [5.74, 6) is 0.842. The van der Waals surface area contributed by atoms with Gasteiger partial charge in [-0.05, 0) is 35.6 Å². The second kappa shape index (κ2) is 8.91. The van der Waals surface area contributed by atoms with Gasteiger partial charge in [0.25, 0.3) is 0 Å². The molecule has 0 saturated heterocycles. The van der Waals surface area contributed by atoms with Crippen LogP contribution in [0, 0.1) is 0 Å². The normalized spacial score (nSPS) is 17.3. The molecule has 6 rings (SSSR count). The summed E-state index contributed by atoms with van der Waals surface area (Å²) in [4.78, 5) is 22.2. The number of carbonyl (C=O) groups excluding carboxylic acids is 1. The van der Waals surface area contributed by atoms with E-state index in [-0.39, 0.29) is 17.1 Å². The summed E-state index contributed by atoms with van der Waals surface area (Å²) in [6.45, 7) is 0. The molecule has 0 saturated carbocycles. The van der Waals surface area contributed by atoms with Crippen LogP contribution in [0.15, 0.2) is 102 Å². The zero-order chi connectivity index (χ0) is 22.9. The van der Waals surface area contributed by atoms with E-state index in [4.69, 9.17) is 10.1 Å². The van der Waals surface area contributed by atoms with E-state index in [1.54, 1.807) is 18.0 Å². The van der Waals surface area contributed by atoms with E-state index in [1.165, 1.54) is 11.1 Å². The number of hydrogen-bond acceptors (Lipinski definition) is 6. The van der Waals surface area contributed by atoms with Crippen molar-refractivity contribution in [1.82, 2.24) is 19.7 Å². The summed E-state index contributed by atoms with van der Waals surface area (Å²) < 4.78 is 1.86. The molecule has 6 nitrogen and oxygen atoms in total. The van der Waals surface area contributed by atoms with Crippen molar-refractivity contribution >= 4 is 23.5 Å². The van der Waals surface area contributed by atoms with Gasteiger partial charge in [-0.1, -0.05) is 78.5 Å². The molecule has 0 radical (unpaired) electrons. The number of pyridine rings is 1. The molecule has 2 aliphatic rings. The molecule has 0 spiro atoms. The maximum atomic E-state index is 13.0. The van der Waals surface area contributed by atoms with Crippen LogP contribution < -0.4 is 5.32 Å². The van der Waals surface area contributed by atoms with Gasteiger partial charge < -0.3 is 5.32 Å². The molecule has 1 aliphatic carbocycles. The number of nitrogens with one attached hydrogen (secondary N) is 1. The van der Waals surface area contributed by atoms with Crippen LogP contribution in [-0.2, 0) is 4.79 Å². The van der Waals surface area contributed by atoms with Crippen LogP contribution in [0.3, 0.4) is 0 Å². The first kappa shape index (κ1) is 20.9.